The van der Waals surface area contributed by atoms with Crippen LogP contribution in [0, 0.1) is 0 Å². The molecule has 0 saturated carbocycles. The lowest BCUT2D eigenvalue weighted by molar-refractivity contribution is 0.0980. The van der Waals surface area contributed by atoms with Gasteiger partial charge in [-0.1, -0.05) is 41.9 Å². The van der Waals surface area contributed by atoms with Crippen molar-refractivity contribution in [1.82, 2.24) is 0 Å². The summed E-state index contributed by atoms with van der Waals surface area (Å²) in [5.41, 5.74) is 7.99. The summed E-state index contributed by atoms with van der Waals surface area (Å²) < 4.78 is 0. The number of carbonyl (C=O) groups excluding carboxylic acids is 1. The zero-order valence-corrected chi connectivity index (χ0v) is 11.4. The van der Waals surface area contributed by atoms with E-state index in [0.29, 0.717) is 22.7 Å². The van der Waals surface area contributed by atoms with E-state index in [-0.39, 0.29) is 5.78 Å². The third-order valence-electron chi connectivity index (χ3n) is 3.01. The van der Waals surface area contributed by atoms with Crippen molar-refractivity contribution >= 4 is 23.1 Å². The maximum atomic E-state index is 12.0. The van der Waals surface area contributed by atoms with E-state index in [2.05, 4.69) is 12.1 Å². The Hall–Kier alpha value is -1.80. The summed E-state index contributed by atoms with van der Waals surface area (Å²) in [6.07, 6.45) is 2.22. The third-order valence-corrected chi connectivity index (χ3v) is 3.32. The predicted molar refractivity (Wildman–Crippen MR) is 79.6 cm³/mol. The van der Waals surface area contributed by atoms with Gasteiger partial charge in [0, 0.05) is 17.7 Å². The highest BCUT2D eigenvalue weighted by atomic mass is 35.5. The van der Waals surface area contributed by atoms with Crippen LogP contribution in [0.3, 0.4) is 0 Å². The maximum Gasteiger partial charge on any atom is 0.164 e. The van der Waals surface area contributed by atoms with Crippen LogP contribution in [-0.4, -0.2) is 5.78 Å². The van der Waals surface area contributed by atoms with E-state index < -0.39 is 0 Å². The fraction of sp³-hybridized carbons (Fsp3) is 0.188. The Morgan fingerprint density at radius 2 is 1.84 bits per heavy atom. The first kappa shape index (κ1) is 13.6. The second-order valence-electron chi connectivity index (χ2n) is 4.50. The van der Waals surface area contributed by atoms with Crippen molar-refractivity contribution in [2.24, 2.45) is 0 Å². The number of ketones is 1. The van der Waals surface area contributed by atoms with Gasteiger partial charge in [-0.25, -0.2) is 0 Å². The molecule has 2 nitrogen and oxygen atoms in total. The number of benzene rings is 2. The molecule has 98 valence electrons. The molecule has 2 N–H and O–H groups in total. The minimum absolute atomic E-state index is 0.0703. The van der Waals surface area contributed by atoms with Crippen molar-refractivity contribution in [2.75, 3.05) is 5.73 Å². The lowest BCUT2D eigenvalue weighted by atomic mass is 10.0. The van der Waals surface area contributed by atoms with Crippen molar-refractivity contribution in [3.63, 3.8) is 0 Å². The Labute approximate surface area is 118 Å². The summed E-state index contributed by atoms with van der Waals surface area (Å²) in [7, 11) is 0. The molecule has 0 aliphatic heterocycles. The highest BCUT2D eigenvalue weighted by Crippen LogP contribution is 2.21. The van der Waals surface area contributed by atoms with E-state index >= 15 is 0 Å². The zero-order chi connectivity index (χ0) is 13.7. The van der Waals surface area contributed by atoms with E-state index in [0.717, 1.165) is 12.8 Å². The zero-order valence-electron chi connectivity index (χ0n) is 10.6. The van der Waals surface area contributed by atoms with Gasteiger partial charge in [-0.2, -0.15) is 0 Å². The van der Waals surface area contributed by atoms with Crippen molar-refractivity contribution in [3.8, 4) is 0 Å². The van der Waals surface area contributed by atoms with Gasteiger partial charge in [0.1, 0.15) is 0 Å². The lowest BCUT2D eigenvalue weighted by Gasteiger charge is -2.05. The molecule has 0 aliphatic carbocycles. The predicted octanol–water partition coefficient (Wildman–Crippen LogP) is 4.13. The number of hydrogen-bond donors (Lipinski definition) is 1. The molecular weight excluding hydrogens is 258 g/mol. The van der Waals surface area contributed by atoms with Crippen LogP contribution in [0.15, 0.2) is 48.5 Å². The molecular formula is C16H16ClNO. The number of nitrogen functional groups attached to an aromatic ring is 1. The van der Waals surface area contributed by atoms with Crippen molar-refractivity contribution < 1.29 is 4.79 Å². The highest BCUT2D eigenvalue weighted by molar-refractivity contribution is 6.34. The van der Waals surface area contributed by atoms with Crippen molar-refractivity contribution in [3.05, 3.63) is 64.7 Å². The Morgan fingerprint density at radius 3 is 2.53 bits per heavy atom. The van der Waals surface area contributed by atoms with Crippen LogP contribution in [0.4, 0.5) is 5.69 Å². The van der Waals surface area contributed by atoms with Crippen LogP contribution < -0.4 is 5.73 Å². The second-order valence-corrected chi connectivity index (χ2v) is 4.91. The molecule has 0 heterocycles. The second kappa shape index (κ2) is 6.39. The van der Waals surface area contributed by atoms with E-state index in [4.69, 9.17) is 17.3 Å². The maximum absolute atomic E-state index is 12.0. The Kier molecular flexibility index (Phi) is 4.58. The van der Waals surface area contributed by atoms with Crippen LogP contribution in [0.1, 0.15) is 28.8 Å². The molecule has 19 heavy (non-hydrogen) atoms. The smallest absolute Gasteiger partial charge is 0.164 e. The average Bonchev–Trinajstić information content (AvgIpc) is 2.39. The first-order valence-electron chi connectivity index (χ1n) is 6.29. The largest absolute Gasteiger partial charge is 0.399 e. The van der Waals surface area contributed by atoms with E-state index in [9.17, 15) is 4.79 Å². The number of Topliss-reactive ketones (excluding diaryl/α,β-unsaturated/α-hetero) is 1. The fourth-order valence-corrected chi connectivity index (χ4v) is 2.28. The number of halogens is 1. The van der Waals surface area contributed by atoms with Crippen LogP contribution in [0.2, 0.25) is 5.02 Å². The molecule has 0 amide bonds. The topological polar surface area (TPSA) is 43.1 Å². The molecule has 0 saturated heterocycles. The lowest BCUT2D eigenvalue weighted by Crippen LogP contribution is -2.01. The number of nitrogens with two attached hydrogens (primary N) is 1. The fourth-order valence-electron chi connectivity index (χ4n) is 1.99. The van der Waals surface area contributed by atoms with Gasteiger partial charge in [-0.05, 0) is 36.6 Å². The summed E-state index contributed by atoms with van der Waals surface area (Å²) in [6, 6.07) is 15.2. The molecule has 2 rings (SSSR count). The normalized spacial score (nSPS) is 10.4. The van der Waals surface area contributed by atoms with Gasteiger partial charge >= 0.3 is 0 Å². The molecule has 2 aromatic carbocycles. The van der Waals surface area contributed by atoms with Crippen LogP contribution in [-0.2, 0) is 6.42 Å². The minimum Gasteiger partial charge on any atom is -0.399 e. The third kappa shape index (κ3) is 3.83. The first-order valence-corrected chi connectivity index (χ1v) is 6.67. The quantitative estimate of drug-likeness (QED) is 0.657. The summed E-state index contributed by atoms with van der Waals surface area (Å²) in [5, 5.41) is 0.435. The van der Waals surface area contributed by atoms with Gasteiger partial charge in [0.05, 0.1) is 5.02 Å². The van der Waals surface area contributed by atoms with Gasteiger partial charge in [-0.3, -0.25) is 4.79 Å². The van der Waals surface area contributed by atoms with Crippen molar-refractivity contribution in [1.29, 1.82) is 0 Å². The molecule has 0 aliphatic rings. The standard InChI is InChI=1S/C16H16ClNO/c17-15-11-13(18)9-10-14(15)16(19)8-4-7-12-5-2-1-3-6-12/h1-3,5-6,9-11H,4,7-8,18H2. The van der Waals surface area contributed by atoms with E-state index in [1.165, 1.54) is 5.56 Å². The molecule has 2 aromatic rings. The number of hydrogen-bond acceptors (Lipinski definition) is 2. The van der Waals surface area contributed by atoms with Crippen LogP contribution >= 0.6 is 11.6 Å². The van der Waals surface area contributed by atoms with Crippen LogP contribution in [0.5, 0.6) is 0 Å². The molecule has 3 heteroatoms. The van der Waals surface area contributed by atoms with Gasteiger partial charge in [0.25, 0.3) is 0 Å². The molecule has 0 aromatic heterocycles. The van der Waals surface area contributed by atoms with E-state index in [1.54, 1.807) is 18.2 Å². The Balaban J connectivity index is 1.91. The molecule has 0 radical (unpaired) electrons. The van der Waals surface area contributed by atoms with Crippen molar-refractivity contribution in [2.45, 2.75) is 19.3 Å². The van der Waals surface area contributed by atoms with Gasteiger partial charge in [0.15, 0.2) is 5.78 Å². The summed E-state index contributed by atoms with van der Waals surface area (Å²) in [5.74, 6) is 0.0703. The first-order chi connectivity index (χ1) is 9.16. The highest BCUT2D eigenvalue weighted by Gasteiger charge is 2.10. The summed E-state index contributed by atoms with van der Waals surface area (Å²) in [4.78, 5) is 12.0. The van der Waals surface area contributed by atoms with Gasteiger partial charge < -0.3 is 5.73 Å². The van der Waals surface area contributed by atoms with Gasteiger partial charge in [0.2, 0.25) is 0 Å². The molecule has 0 bridgehead atoms. The monoisotopic (exact) mass is 273 g/mol. The SMILES string of the molecule is Nc1ccc(C(=O)CCCc2ccccc2)c(Cl)c1. The number of rotatable bonds is 5. The number of aryl methyl sites for hydroxylation is 1. The number of carbonyl (C=O) groups is 1. The Bertz CT molecular complexity index is 566. The molecule has 0 fully saturated rings. The minimum atomic E-state index is 0.0703. The molecule has 0 atom stereocenters. The van der Waals surface area contributed by atoms with Gasteiger partial charge in [-0.15, -0.1) is 0 Å². The molecule has 0 unspecified atom stereocenters. The van der Waals surface area contributed by atoms with Crippen LogP contribution in [0.25, 0.3) is 0 Å². The molecule has 0 spiro atoms. The number of anilines is 1. The summed E-state index contributed by atoms with van der Waals surface area (Å²) >= 11 is 6.02. The Morgan fingerprint density at radius 1 is 1.11 bits per heavy atom. The van der Waals surface area contributed by atoms with E-state index in [1.807, 2.05) is 18.2 Å². The average molecular weight is 274 g/mol. The summed E-state index contributed by atoms with van der Waals surface area (Å²) in [6.45, 7) is 0.